The Morgan fingerprint density at radius 2 is 2.00 bits per heavy atom. The maximum absolute atomic E-state index is 12.9. The molecule has 1 aliphatic rings. The first-order valence-electron chi connectivity index (χ1n) is 7.68. The van der Waals surface area contributed by atoms with E-state index in [1.807, 2.05) is 13.0 Å². The summed E-state index contributed by atoms with van der Waals surface area (Å²) in [6.45, 7) is 1.86. The van der Waals surface area contributed by atoms with Crippen molar-refractivity contribution in [2.75, 3.05) is 12.0 Å². The second-order valence-corrected chi connectivity index (χ2v) is 5.80. The lowest BCUT2D eigenvalue weighted by Gasteiger charge is -2.38. The number of carbonyl (C=O) groups is 2. The summed E-state index contributed by atoms with van der Waals surface area (Å²) >= 11 is 0. The van der Waals surface area contributed by atoms with E-state index in [2.05, 4.69) is 4.98 Å². The van der Waals surface area contributed by atoms with Gasteiger partial charge in [0, 0.05) is 24.0 Å². The van der Waals surface area contributed by atoms with Gasteiger partial charge in [-0.15, -0.1) is 0 Å². The molecule has 1 N–H and O–H groups in total. The van der Waals surface area contributed by atoms with Gasteiger partial charge in [-0.05, 0) is 31.0 Å². The topological polar surface area (TPSA) is 79.7 Å². The van der Waals surface area contributed by atoms with Crippen LogP contribution < -0.4 is 9.64 Å². The average molecular weight is 326 g/mol. The molecule has 6 nitrogen and oxygen atoms in total. The number of fused-ring (bicyclic) bond motifs is 1. The number of ether oxygens (including phenoxy) is 1. The Bertz CT molecular complexity index is 773. The SMILES string of the molecule is COc1ccc(C(=O)N2c3ccccc3[C@@H](C(=O)O)C[C@H]2C)cn1. The largest absolute Gasteiger partial charge is 0.481 e. The van der Waals surface area contributed by atoms with Gasteiger partial charge in [-0.25, -0.2) is 4.98 Å². The minimum Gasteiger partial charge on any atom is -0.481 e. The molecule has 1 aliphatic heterocycles. The van der Waals surface area contributed by atoms with Gasteiger partial charge in [-0.3, -0.25) is 9.59 Å². The normalized spacial score (nSPS) is 19.5. The number of hydrogen-bond acceptors (Lipinski definition) is 4. The van der Waals surface area contributed by atoms with Crippen molar-refractivity contribution < 1.29 is 19.4 Å². The number of hydrogen-bond donors (Lipinski definition) is 1. The van der Waals surface area contributed by atoms with Crippen molar-refractivity contribution in [1.82, 2.24) is 4.98 Å². The van der Waals surface area contributed by atoms with Crippen molar-refractivity contribution in [3.05, 3.63) is 53.7 Å². The number of rotatable bonds is 3. The molecular weight excluding hydrogens is 308 g/mol. The lowest BCUT2D eigenvalue weighted by atomic mass is 9.86. The molecule has 0 saturated heterocycles. The predicted molar refractivity (Wildman–Crippen MR) is 88.5 cm³/mol. The van der Waals surface area contributed by atoms with E-state index in [0.717, 1.165) is 0 Å². The average Bonchev–Trinajstić information content (AvgIpc) is 2.60. The first kappa shape index (κ1) is 16.0. The molecule has 2 atom stereocenters. The fourth-order valence-corrected chi connectivity index (χ4v) is 3.12. The third-order valence-electron chi connectivity index (χ3n) is 4.30. The predicted octanol–water partition coefficient (Wildman–Crippen LogP) is 2.70. The summed E-state index contributed by atoms with van der Waals surface area (Å²) in [5.74, 6) is -1.24. The van der Waals surface area contributed by atoms with E-state index < -0.39 is 11.9 Å². The molecule has 6 heteroatoms. The Kier molecular flexibility index (Phi) is 4.20. The highest BCUT2D eigenvalue weighted by Gasteiger charge is 2.37. The molecule has 0 unspecified atom stereocenters. The third kappa shape index (κ3) is 2.71. The third-order valence-corrected chi connectivity index (χ3v) is 4.30. The number of carboxylic acid groups (broad SMARTS) is 1. The highest BCUT2D eigenvalue weighted by Crippen LogP contribution is 2.39. The van der Waals surface area contributed by atoms with Crippen LogP contribution in [-0.4, -0.2) is 35.1 Å². The van der Waals surface area contributed by atoms with Crippen molar-refractivity contribution in [1.29, 1.82) is 0 Å². The second kappa shape index (κ2) is 6.31. The Labute approximate surface area is 139 Å². The Balaban J connectivity index is 2.01. The zero-order valence-electron chi connectivity index (χ0n) is 13.5. The van der Waals surface area contributed by atoms with E-state index in [4.69, 9.17) is 4.74 Å². The quantitative estimate of drug-likeness (QED) is 0.938. The summed E-state index contributed by atoms with van der Waals surface area (Å²) in [5, 5.41) is 9.48. The number of amides is 1. The van der Waals surface area contributed by atoms with Crippen LogP contribution in [0.5, 0.6) is 5.88 Å². The van der Waals surface area contributed by atoms with Crippen molar-refractivity contribution in [3.8, 4) is 5.88 Å². The van der Waals surface area contributed by atoms with Crippen LogP contribution in [0.2, 0.25) is 0 Å². The molecule has 0 fully saturated rings. The van der Waals surface area contributed by atoms with Crippen molar-refractivity contribution in [2.24, 2.45) is 0 Å². The van der Waals surface area contributed by atoms with Crippen LogP contribution in [0.15, 0.2) is 42.6 Å². The molecule has 0 spiro atoms. The van der Waals surface area contributed by atoms with Crippen LogP contribution in [0, 0.1) is 0 Å². The van der Waals surface area contributed by atoms with E-state index >= 15 is 0 Å². The highest BCUT2D eigenvalue weighted by molar-refractivity contribution is 6.07. The second-order valence-electron chi connectivity index (χ2n) is 5.80. The molecule has 2 aromatic rings. The Morgan fingerprint density at radius 1 is 1.25 bits per heavy atom. The van der Waals surface area contributed by atoms with E-state index in [9.17, 15) is 14.7 Å². The molecule has 24 heavy (non-hydrogen) atoms. The van der Waals surface area contributed by atoms with Gasteiger partial charge in [-0.2, -0.15) is 0 Å². The standard InChI is InChI=1S/C18H18N2O4/c1-11-9-14(18(22)23)13-5-3-4-6-15(13)20(11)17(21)12-7-8-16(24-2)19-10-12/h3-8,10-11,14H,9H2,1-2H3,(H,22,23)/t11-,14+/m1/s1. The molecule has 2 heterocycles. The number of carbonyl (C=O) groups excluding carboxylic acids is 1. The molecule has 0 saturated carbocycles. The summed E-state index contributed by atoms with van der Waals surface area (Å²) in [7, 11) is 1.51. The lowest BCUT2D eigenvalue weighted by Crippen LogP contribution is -2.44. The van der Waals surface area contributed by atoms with Crippen LogP contribution in [0.3, 0.4) is 0 Å². The fourth-order valence-electron chi connectivity index (χ4n) is 3.12. The number of para-hydroxylation sites is 1. The number of carboxylic acids is 1. The van der Waals surface area contributed by atoms with Crippen LogP contribution in [-0.2, 0) is 4.79 Å². The van der Waals surface area contributed by atoms with Crippen molar-refractivity contribution in [3.63, 3.8) is 0 Å². The molecule has 0 bridgehead atoms. The molecule has 124 valence electrons. The van der Waals surface area contributed by atoms with Gasteiger partial charge in [0.25, 0.3) is 5.91 Å². The first-order valence-corrected chi connectivity index (χ1v) is 7.68. The molecule has 3 rings (SSSR count). The minimum absolute atomic E-state index is 0.200. The minimum atomic E-state index is -0.868. The molecule has 0 radical (unpaired) electrons. The smallest absolute Gasteiger partial charge is 0.311 e. The Hall–Kier alpha value is -2.89. The van der Waals surface area contributed by atoms with E-state index in [-0.39, 0.29) is 11.9 Å². The number of anilines is 1. The number of methoxy groups -OCH3 is 1. The van der Waals surface area contributed by atoms with Crippen LogP contribution in [0.4, 0.5) is 5.69 Å². The summed E-state index contributed by atoms with van der Waals surface area (Å²) in [4.78, 5) is 30.2. The van der Waals surface area contributed by atoms with Crippen molar-refractivity contribution >= 4 is 17.6 Å². The fraction of sp³-hybridized carbons (Fsp3) is 0.278. The summed E-state index contributed by atoms with van der Waals surface area (Å²) in [5.41, 5.74) is 1.74. The summed E-state index contributed by atoms with van der Waals surface area (Å²) in [6, 6.07) is 10.2. The number of benzene rings is 1. The summed E-state index contributed by atoms with van der Waals surface area (Å²) in [6.07, 6.45) is 1.85. The van der Waals surface area contributed by atoms with Crippen LogP contribution in [0.1, 0.15) is 35.2 Å². The van der Waals surface area contributed by atoms with Gasteiger partial charge in [-0.1, -0.05) is 18.2 Å². The molecular formula is C18H18N2O4. The van der Waals surface area contributed by atoms with Crippen molar-refractivity contribution in [2.45, 2.75) is 25.3 Å². The number of aromatic nitrogens is 1. The maximum Gasteiger partial charge on any atom is 0.311 e. The molecule has 0 aliphatic carbocycles. The van der Waals surface area contributed by atoms with Gasteiger partial charge < -0.3 is 14.7 Å². The van der Waals surface area contributed by atoms with Crippen LogP contribution in [0.25, 0.3) is 0 Å². The maximum atomic E-state index is 12.9. The lowest BCUT2D eigenvalue weighted by molar-refractivity contribution is -0.139. The van der Waals surface area contributed by atoms with Gasteiger partial charge in [0.05, 0.1) is 18.6 Å². The first-order chi connectivity index (χ1) is 11.5. The molecule has 1 amide bonds. The highest BCUT2D eigenvalue weighted by atomic mass is 16.5. The molecule has 1 aromatic carbocycles. The van der Waals surface area contributed by atoms with Crippen LogP contribution >= 0.6 is 0 Å². The zero-order valence-corrected chi connectivity index (χ0v) is 13.5. The van der Waals surface area contributed by atoms with E-state index in [1.165, 1.54) is 13.3 Å². The zero-order chi connectivity index (χ0) is 17.3. The van der Waals surface area contributed by atoms with Gasteiger partial charge in [0.1, 0.15) is 0 Å². The number of pyridine rings is 1. The van der Waals surface area contributed by atoms with Gasteiger partial charge >= 0.3 is 5.97 Å². The molecule has 1 aromatic heterocycles. The monoisotopic (exact) mass is 326 g/mol. The van der Waals surface area contributed by atoms with Gasteiger partial charge in [0.2, 0.25) is 5.88 Å². The van der Waals surface area contributed by atoms with E-state index in [0.29, 0.717) is 29.1 Å². The summed E-state index contributed by atoms with van der Waals surface area (Å²) < 4.78 is 5.01. The number of aliphatic carboxylic acids is 1. The van der Waals surface area contributed by atoms with E-state index in [1.54, 1.807) is 35.2 Å². The number of nitrogens with zero attached hydrogens (tertiary/aromatic N) is 2. The Morgan fingerprint density at radius 3 is 2.62 bits per heavy atom. The van der Waals surface area contributed by atoms with Gasteiger partial charge in [0.15, 0.2) is 0 Å².